The van der Waals surface area contributed by atoms with Crippen LogP contribution in [0, 0.1) is 0 Å². The van der Waals surface area contributed by atoms with Crippen LogP contribution >= 0.6 is 0 Å². The van der Waals surface area contributed by atoms with E-state index in [1.165, 1.54) is 0 Å². The molecule has 7 heavy (non-hydrogen) atoms. The van der Waals surface area contributed by atoms with Crippen LogP contribution in [0.4, 0.5) is 0 Å². The molecule has 0 bridgehead atoms. The second-order valence-corrected chi connectivity index (χ2v) is 0.923. The second kappa shape index (κ2) is 3.88. The Hall–Kier alpha value is -0.297. The molecular weight excluding hydrogens is 181 g/mol. The molecule has 0 unspecified atom stereocenters. The average Bonchev–Trinajstić information content (AvgIpc) is 1.72. The number of nitrogens with one attached hydrogen (secondary N) is 1. The van der Waals surface area contributed by atoms with Gasteiger partial charge in [-0.05, 0) is 12.2 Å². The Kier molecular flexibility index (Phi) is 3.71. The van der Waals surface area contributed by atoms with Gasteiger partial charge in [-0.1, -0.05) is 0 Å². The first-order chi connectivity index (χ1) is 3.00. The van der Waals surface area contributed by atoms with E-state index in [-0.39, 0.29) is 19.5 Å². The molecule has 0 aromatic heterocycles. The third kappa shape index (κ3) is 2.40. The van der Waals surface area contributed by atoms with Crippen molar-refractivity contribution in [3.05, 3.63) is 24.6 Å². The van der Waals surface area contributed by atoms with Gasteiger partial charge in [-0.2, -0.15) is 0 Å². The number of rotatable bonds is 0. The van der Waals surface area contributed by atoms with Gasteiger partial charge in [-0.3, -0.25) is 0 Å². The minimum Gasteiger partial charge on any atom is -0.391 e. The van der Waals surface area contributed by atoms with Crippen LogP contribution in [0.3, 0.4) is 0 Å². The van der Waals surface area contributed by atoms with E-state index in [1.54, 1.807) is 18.5 Å². The fourth-order valence-electron chi connectivity index (χ4n) is 0.258. The maximum absolute atomic E-state index is 4.55. The van der Waals surface area contributed by atoms with Gasteiger partial charge in [-0.15, -0.1) is 0 Å². The summed E-state index contributed by atoms with van der Waals surface area (Å²) in [4.78, 5) is 4.55. The fraction of sp³-hybridized carbons (Fsp3) is 0. The minimum atomic E-state index is 0. The van der Waals surface area contributed by atoms with Crippen LogP contribution < -0.4 is 5.48 Å². The molecular formula is C4H5NORh. The first-order valence-electron chi connectivity index (χ1n) is 1.73. The Bertz CT molecular complexity index is 77.7. The van der Waals surface area contributed by atoms with Crippen LogP contribution in [0.25, 0.3) is 0 Å². The molecule has 1 aliphatic heterocycles. The number of allylic oxidation sites excluding steroid dienone is 2. The van der Waals surface area contributed by atoms with E-state index in [1.807, 2.05) is 6.08 Å². The van der Waals surface area contributed by atoms with Crippen molar-refractivity contribution in [3.8, 4) is 0 Å². The molecule has 0 spiro atoms. The molecule has 0 aliphatic carbocycles. The first kappa shape index (κ1) is 6.70. The van der Waals surface area contributed by atoms with Crippen molar-refractivity contribution in [2.75, 3.05) is 0 Å². The van der Waals surface area contributed by atoms with E-state index in [0.29, 0.717) is 0 Å². The van der Waals surface area contributed by atoms with Crippen LogP contribution in [0.1, 0.15) is 0 Å². The average molecular weight is 186 g/mol. The SMILES string of the molecule is C1=CNOC=C1.[Rh]. The van der Waals surface area contributed by atoms with Crippen molar-refractivity contribution >= 4 is 0 Å². The van der Waals surface area contributed by atoms with Crippen molar-refractivity contribution < 1.29 is 24.3 Å². The molecule has 0 aromatic carbocycles. The second-order valence-electron chi connectivity index (χ2n) is 0.923. The quantitative estimate of drug-likeness (QED) is 0.557. The largest absolute Gasteiger partial charge is 0.391 e. The van der Waals surface area contributed by atoms with Crippen molar-refractivity contribution in [3.63, 3.8) is 0 Å². The van der Waals surface area contributed by atoms with Gasteiger partial charge in [-0.25, -0.2) is 5.48 Å². The summed E-state index contributed by atoms with van der Waals surface area (Å²) in [6.07, 6.45) is 6.93. The van der Waals surface area contributed by atoms with Gasteiger partial charge >= 0.3 is 0 Å². The van der Waals surface area contributed by atoms with Gasteiger partial charge in [0.25, 0.3) is 0 Å². The topological polar surface area (TPSA) is 21.3 Å². The van der Waals surface area contributed by atoms with Gasteiger partial charge < -0.3 is 4.84 Å². The van der Waals surface area contributed by atoms with Gasteiger partial charge in [0, 0.05) is 25.7 Å². The Labute approximate surface area is 54.9 Å². The zero-order valence-electron chi connectivity index (χ0n) is 3.55. The molecule has 0 saturated heterocycles. The molecule has 0 saturated carbocycles. The third-order valence-electron chi connectivity index (χ3n) is 0.490. The Morgan fingerprint density at radius 1 is 1.29 bits per heavy atom. The van der Waals surface area contributed by atoms with Crippen LogP contribution in [0.5, 0.6) is 0 Å². The molecule has 2 nitrogen and oxygen atoms in total. The van der Waals surface area contributed by atoms with E-state index in [4.69, 9.17) is 0 Å². The third-order valence-corrected chi connectivity index (χ3v) is 0.490. The molecule has 41 valence electrons. The summed E-state index contributed by atoms with van der Waals surface area (Å²) in [7, 11) is 0. The Morgan fingerprint density at radius 3 is 2.29 bits per heavy atom. The molecule has 1 N–H and O–H groups in total. The molecule has 0 aromatic rings. The molecule has 1 rings (SSSR count). The molecule has 1 radical (unpaired) electrons. The van der Waals surface area contributed by atoms with Gasteiger partial charge in [0.1, 0.15) is 6.26 Å². The van der Waals surface area contributed by atoms with Gasteiger partial charge in [0.05, 0.1) is 0 Å². The van der Waals surface area contributed by atoms with Gasteiger partial charge in [0.15, 0.2) is 0 Å². The predicted octanol–water partition coefficient (Wildman–Crippen LogP) is 0.546. The molecule has 1 aliphatic rings. The summed E-state index contributed by atoms with van der Waals surface area (Å²) in [6, 6.07) is 0. The normalized spacial score (nSPS) is 13.7. The van der Waals surface area contributed by atoms with Crippen molar-refractivity contribution in [1.82, 2.24) is 5.48 Å². The number of hydrogen-bond donors (Lipinski definition) is 1. The summed E-state index contributed by atoms with van der Waals surface area (Å²) < 4.78 is 0. The van der Waals surface area contributed by atoms with E-state index < -0.39 is 0 Å². The van der Waals surface area contributed by atoms with E-state index in [2.05, 4.69) is 10.3 Å². The summed E-state index contributed by atoms with van der Waals surface area (Å²) in [5.74, 6) is 0. The van der Waals surface area contributed by atoms with Gasteiger partial charge in [0.2, 0.25) is 0 Å². The predicted molar refractivity (Wildman–Crippen MR) is 22.5 cm³/mol. The zero-order chi connectivity index (χ0) is 4.24. The molecule has 0 atom stereocenters. The summed E-state index contributed by atoms with van der Waals surface area (Å²) >= 11 is 0. The van der Waals surface area contributed by atoms with E-state index >= 15 is 0 Å². The summed E-state index contributed by atoms with van der Waals surface area (Å²) in [5, 5.41) is 0. The monoisotopic (exact) mass is 186 g/mol. The maximum Gasteiger partial charge on any atom is 0.119 e. The Balaban J connectivity index is 0.000000360. The summed E-state index contributed by atoms with van der Waals surface area (Å²) in [5.41, 5.74) is 2.52. The van der Waals surface area contributed by atoms with E-state index in [9.17, 15) is 0 Å². The molecule has 3 heteroatoms. The van der Waals surface area contributed by atoms with E-state index in [0.717, 1.165) is 0 Å². The van der Waals surface area contributed by atoms with Crippen LogP contribution in [-0.2, 0) is 24.3 Å². The molecule has 0 amide bonds. The van der Waals surface area contributed by atoms with Crippen LogP contribution in [0.2, 0.25) is 0 Å². The molecule has 0 fully saturated rings. The first-order valence-corrected chi connectivity index (χ1v) is 1.73. The maximum atomic E-state index is 4.55. The smallest absolute Gasteiger partial charge is 0.119 e. The summed E-state index contributed by atoms with van der Waals surface area (Å²) in [6.45, 7) is 0. The van der Waals surface area contributed by atoms with Crippen LogP contribution in [0.15, 0.2) is 24.6 Å². The Morgan fingerprint density at radius 2 is 2.14 bits per heavy atom. The minimum absolute atomic E-state index is 0. The number of hydroxylamine groups is 1. The van der Waals surface area contributed by atoms with Crippen LogP contribution in [-0.4, -0.2) is 0 Å². The zero-order valence-corrected chi connectivity index (χ0v) is 5.19. The van der Waals surface area contributed by atoms with Crippen molar-refractivity contribution in [1.29, 1.82) is 0 Å². The molecule has 1 heterocycles. The fourth-order valence-corrected chi connectivity index (χ4v) is 0.258. The van der Waals surface area contributed by atoms with Crippen molar-refractivity contribution in [2.45, 2.75) is 0 Å². The van der Waals surface area contributed by atoms with Crippen molar-refractivity contribution in [2.24, 2.45) is 0 Å². The number of hydrogen-bond acceptors (Lipinski definition) is 2. The standard InChI is InChI=1S/C4H5NO.Rh/c1-2-4-6-5-3-1;/h1-5H;.